The summed E-state index contributed by atoms with van der Waals surface area (Å²) in [6, 6.07) is 5.40. The van der Waals surface area contributed by atoms with Gasteiger partial charge in [0.1, 0.15) is 0 Å². The maximum atomic E-state index is 12.5. The first-order valence-corrected chi connectivity index (χ1v) is 8.19. The molecule has 0 spiro atoms. The zero-order valence-electron chi connectivity index (χ0n) is 13.8. The molecule has 0 saturated carbocycles. The third-order valence-electron chi connectivity index (χ3n) is 3.82. The van der Waals surface area contributed by atoms with Gasteiger partial charge in [0.15, 0.2) is 11.5 Å². The van der Waals surface area contributed by atoms with E-state index in [-0.39, 0.29) is 12.7 Å². The van der Waals surface area contributed by atoms with Crippen LogP contribution in [0.1, 0.15) is 37.6 Å². The number of carbonyl (C=O) groups excluding carboxylic acids is 1. The van der Waals surface area contributed by atoms with Gasteiger partial charge < -0.3 is 14.4 Å². The molecule has 5 heteroatoms. The molecular formula is C17H26N2O3. The molecular weight excluding hydrogens is 280 g/mol. The minimum Gasteiger partial charge on any atom is -0.454 e. The quantitative estimate of drug-likeness (QED) is 0.861. The summed E-state index contributed by atoms with van der Waals surface area (Å²) in [6.07, 6.45) is 1.16. The first-order valence-electron chi connectivity index (χ1n) is 8.19. The Balaban J connectivity index is 0.000000847. The molecule has 0 aromatic heterocycles. The highest BCUT2D eigenvalue weighted by atomic mass is 16.7. The number of nitrogens with zero attached hydrogens (tertiary/aromatic N) is 2. The fourth-order valence-electron chi connectivity index (χ4n) is 2.70. The van der Waals surface area contributed by atoms with Gasteiger partial charge in [-0.3, -0.25) is 9.69 Å². The number of fused-ring (bicyclic) bond motifs is 1. The summed E-state index contributed by atoms with van der Waals surface area (Å²) in [4.78, 5) is 16.8. The molecule has 3 rings (SSSR count). The van der Waals surface area contributed by atoms with Crippen molar-refractivity contribution in [2.75, 3.05) is 39.5 Å². The van der Waals surface area contributed by atoms with Crippen molar-refractivity contribution in [1.29, 1.82) is 0 Å². The normalized spacial score (nSPS) is 17.0. The molecule has 0 unspecified atom stereocenters. The molecule has 1 amide bonds. The Morgan fingerprint density at radius 1 is 1.09 bits per heavy atom. The lowest BCUT2D eigenvalue weighted by molar-refractivity contribution is 0.0637. The fraction of sp³-hybridized carbons (Fsp3) is 0.588. The zero-order chi connectivity index (χ0) is 15.9. The second-order valence-electron chi connectivity index (χ2n) is 5.20. The van der Waals surface area contributed by atoms with Crippen LogP contribution in [0.2, 0.25) is 0 Å². The SMILES string of the molecule is CC.CCCN1CCN(C(=O)c2ccc3c(c2)OCO3)CC1. The van der Waals surface area contributed by atoms with E-state index in [4.69, 9.17) is 9.47 Å². The smallest absolute Gasteiger partial charge is 0.254 e. The highest BCUT2D eigenvalue weighted by Crippen LogP contribution is 2.32. The first-order chi connectivity index (χ1) is 10.8. The van der Waals surface area contributed by atoms with E-state index in [0.717, 1.165) is 39.1 Å². The highest BCUT2D eigenvalue weighted by Gasteiger charge is 2.23. The Bertz CT molecular complexity index is 497. The summed E-state index contributed by atoms with van der Waals surface area (Å²) < 4.78 is 10.6. The third-order valence-corrected chi connectivity index (χ3v) is 3.82. The van der Waals surface area contributed by atoms with Gasteiger partial charge in [-0.15, -0.1) is 0 Å². The lowest BCUT2D eigenvalue weighted by Crippen LogP contribution is -2.48. The molecule has 122 valence electrons. The van der Waals surface area contributed by atoms with E-state index in [1.54, 1.807) is 6.07 Å². The van der Waals surface area contributed by atoms with Gasteiger partial charge in [0.2, 0.25) is 6.79 Å². The molecule has 0 bridgehead atoms. The molecule has 1 aromatic carbocycles. The molecule has 2 heterocycles. The predicted octanol–water partition coefficient (Wildman–Crippen LogP) is 2.61. The number of piperazine rings is 1. The molecule has 22 heavy (non-hydrogen) atoms. The van der Waals surface area contributed by atoms with Crippen LogP contribution in [0.3, 0.4) is 0 Å². The average Bonchev–Trinajstić information content (AvgIpc) is 3.04. The summed E-state index contributed by atoms with van der Waals surface area (Å²) >= 11 is 0. The zero-order valence-corrected chi connectivity index (χ0v) is 13.8. The number of amides is 1. The number of carbonyl (C=O) groups is 1. The Morgan fingerprint density at radius 2 is 1.77 bits per heavy atom. The van der Waals surface area contributed by atoms with E-state index in [2.05, 4.69) is 11.8 Å². The van der Waals surface area contributed by atoms with Crippen LogP contribution in [0.25, 0.3) is 0 Å². The molecule has 0 radical (unpaired) electrons. The van der Waals surface area contributed by atoms with Crippen molar-refractivity contribution in [2.45, 2.75) is 27.2 Å². The van der Waals surface area contributed by atoms with Gasteiger partial charge in [0.05, 0.1) is 0 Å². The average molecular weight is 306 g/mol. The van der Waals surface area contributed by atoms with Crippen molar-refractivity contribution in [3.63, 3.8) is 0 Å². The van der Waals surface area contributed by atoms with Gasteiger partial charge in [-0.1, -0.05) is 20.8 Å². The van der Waals surface area contributed by atoms with Crippen LogP contribution in [0.15, 0.2) is 18.2 Å². The van der Waals surface area contributed by atoms with Crippen LogP contribution in [-0.4, -0.2) is 55.2 Å². The van der Waals surface area contributed by atoms with Gasteiger partial charge >= 0.3 is 0 Å². The number of hydrogen-bond donors (Lipinski definition) is 0. The van der Waals surface area contributed by atoms with E-state index in [1.165, 1.54) is 0 Å². The van der Waals surface area contributed by atoms with Crippen molar-refractivity contribution < 1.29 is 14.3 Å². The van der Waals surface area contributed by atoms with E-state index in [0.29, 0.717) is 17.1 Å². The van der Waals surface area contributed by atoms with Crippen molar-refractivity contribution >= 4 is 5.91 Å². The molecule has 1 fully saturated rings. The Morgan fingerprint density at radius 3 is 2.45 bits per heavy atom. The topological polar surface area (TPSA) is 42.0 Å². The standard InChI is InChI=1S/C15H20N2O3.C2H6/c1-2-5-16-6-8-17(9-7-16)15(18)12-3-4-13-14(10-12)20-11-19-13;1-2/h3-4,10H,2,5-9,11H2,1H3;1-2H3. The third kappa shape index (κ3) is 3.71. The minimum absolute atomic E-state index is 0.0828. The maximum Gasteiger partial charge on any atom is 0.254 e. The number of ether oxygens (including phenoxy) is 2. The Labute approximate surface area is 132 Å². The van der Waals surface area contributed by atoms with E-state index >= 15 is 0 Å². The molecule has 2 aliphatic rings. The second kappa shape index (κ2) is 8.03. The molecule has 0 N–H and O–H groups in total. The number of rotatable bonds is 3. The predicted molar refractivity (Wildman–Crippen MR) is 86.5 cm³/mol. The minimum atomic E-state index is 0.0828. The van der Waals surface area contributed by atoms with Crippen molar-refractivity contribution in [1.82, 2.24) is 9.80 Å². The maximum absolute atomic E-state index is 12.5. The molecule has 0 aliphatic carbocycles. The first kappa shape index (κ1) is 16.6. The van der Waals surface area contributed by atoms with Gasteiger partial charge in [0.25, 0.3) is 5.91 Å². The molecule has 0 atom stereocenters. The summed E-state index contributed by atoms with van der Waals surface area (Å²) in [6.45, 7) is 11.1. The lowest BCUT2D eigenvalue weighted by Gasteiger charge is -2.34. The summed E-state index contributed by atoms with van der Waals surface area (Å²) in [5, 5.41) is 0. The fourth-order valence-corrected chi connectivity index (χ4v) is 2.70. The molecule has 5 nitrogen and oxygen atoms in total. The molecule has 2 aliphatic heterocycles. The van der Waals surface area contributed by atoms with Gasteiger partial charge in [-0.2, -0.15) is 0 Å². The summed E-state index contributed by atoms with van der Waals surface area (Å²) in [5.41, 5.74) is 0.679. The van der Waals surface area contributed by atoms with E-state index in [9.17, 15) is 4.79 Å². The van der Waals surface area contributed by atoms with Crippen LogP contribution < -0.4 is 9.47 Å². The van der Waals surface area contributed by atoms with Crippen molar-refractivity contribution in [2.24, 2.45) is 0 Å². The summed E-state index contributed by atoms with van der Waals surface area (Å²) in [7, 11) is 0. The van der Waals surface area contributed by atoms with Crippen LogP contribution >= 0.6 is 0 Å². The molecule has 1 aromatic rings. The lowest BCUT2D eigenvalue weighted by atomic mass is 10.1. The second-order valence-corrected chi connectivity index (χ2v) is 5.20. The number of hydrogen-bond acceptors (Lipinski definition) is 4. The van der Waals surface area contributed by atoms with Crippen LogP contribution in [0.5, 0.6) is 11.5 Å². The van der Waals surface area contributed by atoms with Crippen LogP contribution in [0, 0.1) is 0 Å². The van der Waals surface area contributed by atoms with E-state index in [1.807, 2.05) is 30.9 Å². The molecule has 1 saturated heterocycles. The van der Waals surface area contributed by atoms with Gasteiger partial charge in [-0.25, -0.2) is 0 Å². The van der Waals surface area contributed by atoms with E-state index < -0.39 is 0 Å². The largest absolute Gasteiger partial charge is 0.454 e. The van der Waals surface area contributed by atoms with Crippen molar-refractivity contribution in [3.8, 4) is 11.5 Å². The Kier molecular flexibility index (Phi) is 6.07. The van der Waals surface area contributed by atoms with Crippen molar-refractivity contribution in [3.05, 3.63) is 23.8 Å². The highest BCUT2D eigenvalue weighted by molar-refractivity contribution is 5.95. The van der Waals surface area contributed by atoms with Crippen LogP contribution in [0.4, 0.5) is 0 Å². The van der Waals surface area contributed by atoms with Crippen LogP contribution in [-0.2, 0) is 0 Å². The van der Waals surface area contributed by atoms with Gasteiger partial charge in [0, 0.05) is 31.7 Å². The number of benzene rings is 1. The Hall–Kier alpha value is -1.75. The van der Waals surface area contributed by atoms with Gasteiger partial charge in [-0.05, 0) is 31.2 Å². The summed E-state index contributed by atoms with van der Waals surface area (Å²) in [5.74, 6) is 1.47. The monoisotopic (exact) mass is 306 g/mol.